The Bertz CT molecular complexity index is 212. The minimum absolute atomic E-state index is 0.460. The molecular formula is C13H27NO2. The lowest BCUT2D eigenvalue weighted by Gasteiger charge is -2.34. The number of hydrogen-bond acceptors (Lipinski definition) is 2. The molecule has 96 valence electrons. The van der Waals surface area contributed by atoms with Crippen molar-refractivity contribution in [3.63, 3.8) is 0 Å². The maximum Gasteiger partial charge on any atom is 0.310 e. The van der Waals surface area contributed by atoms with Gasteiger partial charge in [0.05, 0.1) is 5.41 Å². The van der Waals surface area contributed by atoms with Gasteiger partial charge in [0.1, 0.15) is 0 Å². The number of nitrogens with zero attached hydrogens (tertiary/aromatic N) is 1. The summed E-state index contributed by atoms with van der Waals surface area (Å²) in [6.45, 7) is 8.91. The first-order chi connectivity index (χ1) is 7.43. The van der Waals surface area contributed by atoms with E-state index in [0.717, 1.165) is 12.8 Å². The van der Waals surface area contributed by atoms with Crippen molar-refractivity contribution in [2.24, 2.45) is 5.41 Å². The van der Waals surface area contributed by atoms with E-state index in [1.807, 2.05) is 20.9 Å². The Hall–Kier alpha value is -0.570. The summed E-state index contributed by atoms with van der Waals surface area (Å²) >= 11 is 0. The Morgan fingerprint density at radius 2 is 1.81 bits per heavy atom. The highest BCUT2D eigenvalue weighted by Crippen LogP contribution is 2.28. The number of carbonyl (C=O) groups is 1. The minimum Gasteiger partial charge on any atom is -0.481 e. The molecule has 1 N–H and O–H groups in total. The van der Waals surface area contributed by atoms with Gasteiger partial charge in [-0.25, -0.2) is 0 Å². The third-order valence-electron chi connectivity index (χ3n) is 3.82. The molecule has 0 aromatic heterocycles. The van der Waals surface area contributed by atoms with Crippen molar-refractivity contribution in [2.45, 2.75) is 59.4 Å². The van der Waals surface area contributed by atoms with Crippen LogP contribution in [0.4, 0.5) is 0 Å². The van der Waals surface area contributed by atoms with Crippen LogP contribution in [-0.2, 0) is 4.79 Å². The first-order valence-electron chi connectivity index (χ1n) is 6.37. The van der Waals surface area contributed by atoms with E-state index in [4.69, 9.17) is 0 Å². The van der Waals surface area contributed by atoms with Gasteiger partial charge in [-0.3, -0.25) is 4.79 Å². The zero-order valence-electron chi connectivity index (χ0n) is 11.4. The van der Waals surface area contributed by atoms with Crippen LogP contribution in [0.25, 0.3) is 0 Å². The second-order valence-electron chi connectivity index (χ2n) is 4.85. The molecule has 0 aliphatic rings. The quantitative estimate of drug-likeness (QED) is 0.695. The summed E-state index contributed by atoms with van der Waals surface area (Å²) in [6.07, 6.45) is 3.66. The van der Waals surface area contributed by atoms with Crippen LogP contribution in [0.1, 0.15) is 53.4 Å². The van der Waals surface area contributed by atoms with Crippen LogP contribution in [0, 0.1) is 5.41 Å². The number of carboxylic acids is 1. The number of hydrogen-bond donors (Lipinski definition) is 1. The zero-order chi connectivity index (χ0) is 12.8. The molecule has 0 bridgehead atoms. The molecule has 0 radical (unpaired) electrons. The van der Waals surface area contributed by atoms with Crippen LogP contribution in [0.5, 0.6) is 0 Å². The summed E-state index contributed by atoms with van der Waals surface area (Å²) in [5.41, 5.74) is -0.573. The van der Waals surface area contributed by atoms with Gasteiger partial charge in [0.15, 0.2) is 0 Å². The lowest BCUT2D eigenvalue weighted by atomic mass is 9.81. The summed E-state index contributed by atoms with van der Waals surface area (Å²) in [4.78, 5) is 13.6. The summed E-state index contributed by atoms with van der Waals surface area (Å²) in [5.74, 6) is -0.659. The highest BCUT2D eigenvalue weighted by atomic mass is 16.4. The molecule has 1 unspecified atom stereocenters. The Morgan fingerprint density at radius 1 is 1.31 bits per heavy atom. The fraction of sp³-hybridized carbons (Fsp3) is 0.923. The number of aliphatic carboxylic acids is 1. The molecule has 0 aromatic rings. The minimum atomic E-state index is -0.659. The van der Waals surface area contributed by atoms with Crippen molar-refractivity contribution in [3.05, 3.63) is 0 Å². The molecule has 16 heavy (non-hydrogen) atoms. The SMILES string of the molecule is CCCC(C)N(C)CC(CC)(CC)C(=O)O. The molecule has 0 rings (SSSR count). The number of rotatable bonds is 8. The van der Waals surface area contributed by atoms with E-state index in [-0.39, 0.29) is 0 Å². The van der Waals surface area contributed by atoms with Gasteiger partial charge in [-0.05, 0) is 33.2 Å². The van der Waals surface area contributed by atoms with E-state index >= 15 is 0 Å². The molecule has 0 aromatic carbocycles. The molecule has 0 saturated carbocycles. The molecule has 0 fully saturated rings. The van der Waals surface area contributed by atoms with Crippen molar-refractivity contribution >= 4 is 5.97 Å². The van der Waals surface area contributed by atoms with Crippen LogP contribution in [0.2, 0.25) is 0 Å². The predicted octanol–water partition coefficient (Wildman–Crippen LogP) is 3.00. The van der Waals surface area contributed by atoms with Gasteiger partial charge in [0.2, 0.25) is 0 Å². The van der Waals surface area contributed by atoms with Crippen molar-refractivity contribution < 1.29 is 9.90 Å². The summed E-state index contributed by atoms with van der Waals surface area (Å²) < 4.78 is 0. The van der Waals surface area contributed by atoms with Crippen molar-refractivity contribution in [1.82, 2.24) is 4.90 Å². The Morgan fingerprint density at radius 3 is 2.12 bits per heavy atom. The van der Waals surface area contributed by atoms with Gasteiger partial charge in [-0.2, -0.15) is 0 Å². The largest absolute Gasteiger partial charge is 0.481 e. The van der Waals surface area contributed by atoms with E-state index in [9.17, 15) is 9.90 Å². The summed E-state index contributed by atoms with van der Waals surface area (Å²) in [7, 11) is 2.03. The average Bonchev–Trinajstić information content (AvgIpc) is 2.25. The molecular weight excluding hydrogens is 202 g/mol. The van der Waals surface area contributed by atoms with Crippen LogP contribution in [-0.4, -0.2) is 35.6 Å². The zero-order valence-corrected chi connectivity index (χ0v) is 11.4. The van der Waals surface area contributed by atoms with Gasteiger partial charge < -0.3 is 10.0 Å². The Balaban J connectivity index is 4.57. The average molecular weight is 229 g/mol. The molecule has 0 saturated heterocycles. The second-order valence-corrected chi connectivity index (χ2v) is 4.85. The van der Waals surface area contributed by atoms with Crippen LogP contribution in [0.15, 0.2) is 0 Å². The van der Waals surface area contributed by atoms with Crippen LogP contribution < -0.4 is 0 Å². The molecule has 0 aliphatic carbocycles. The van der Waals surface area contributed by atoms with E-state index in [1.54, 1.807) is 0 Å². The lowest BCUT2D eigenvalue weighted by molar-refractivity contribution is -0.151. The molecule has 3 nitrogen and oxygen atoms in total. The first kappa shape index (κ1) is 15.4. The standard InChI is InChI=1S/C13H27NO2/c1-6-9-11(4)14(5)10-13(7-2,8-3)12(15)16/h11H,6-10H2,1-5H3,(H,15,16). The maximum absolute atomic E-state index is 11.4. The van der Waals surface area contributed by atoms with Gasteiger partial charge in [0, 0.05) is 12.6 Å². The second kappa shape index (κ2) is 6.89. The molecule has 3 heteroatoms. The topological polar surface area (TPSA) is 40.5 Å². The molecule has 1 atom stereocenters. The van der Waals surface area contributed by atoms with E-state index in [2.05, 4.69) is 18.7 Å². The third-order valence-corrected chi connectivity index (χ3v) is 3.82. The highest BCUT2D eigenvalue weighted by Gasteiger charge is 2.36. The molecule has 0 amide bonds. The summed E-state index contributed by atoms with van der Waals surface area (Å²) in [6, 6.07) is 0.460. The van der Waals surface area contributed by atoms with Gasteiger partial charge >= 0.3 is 5.97 Å². The van der Waals surface area contributed by atoms with Gasteiger partial charge in [-0.15, -0.1) is 0 Å². The van der Waals surface area contributed by atoms with Gasteiger partial charge in [0.25, 0.3) is 0 Å². The van der Waals surface area contributed by atoms with E-state index in [0.29, 0.717) is 25.4 Å². The van der Waals surface area contributed by atoms with E-state index in [1.165, 1.54) is 0 Å². The maximum atomic E-state index is 11.4. The number of carboxylic acid groups (broad SMARTS) is 1. The van der Waals surface area contributed by atoms with Crippen LogP contribution >= 0.6 is 0 Å². The Labute approximate surface area is 99.8 Å². The smallest absolute Gasteiger partial charge is 0.310 e. The van der Waals surface area contributed by atoms with E-state index < -0.39 is 11.4 Å². The third kappa shape index (κ3) is 3.78. The fourth-order valence-electron chi connectivity index (χ4n) is 2.12. The van der Waals surface area contributed by atoms with Crippen molar-refractivity contribution in [3.8, 4) is 0 Å². The van der Waals surface area contributed by atoms with Gasteiger partial charge in [-0.1, -0.05) is 27.2 Å². The highest BCUT2D eigenvalue weighted by molar-refractivity contribution is 5.74. The predicted molar refractivity (Wildman–Crippen MR) is 67.7 cm³/mol. The molecule has 0 aliphatic heterocycles. The van der Waals surface area contributed by atoms with Crippen molar-refractivity contribution in [1.29, 1.82) is 0 Å². The fourth-order valence-corrected chi connectivity index (χ4v) is 2.12. The Kier molecular flexibility index (Phi) is 6.65. The lowest BCUT2D eigenvalue weighted by Crippen LogP contribution is -2.44. The van der Waals surface area contributed by atoms with Crippen LogP contribution in [0.3, 0.4) is 0 Å². The molecule has 0 spiro atoms. The first-order valence-corrected chi connectivity index (χ1v) is 6.37. The molecule has 0 heterocycles. The monoisotopic (exact) mass is 229 g/mol. The van der Waals surface area contributed by atoms with Crippen molar-refractivity contribution in [2.75, 3.05) is 13.6 Å². The normalized spacial score (nSPS) is 14.1. The summed E-state index contributed by atoms with van der Waals surface area (Å²) in [5, 5.41) is 9.36.